The topological polar surface area (TPSA) is 53.4 Å². The minimum Gasteiger partial charge on any atom is -0.497 e. The summed E-state index contributed by atoms with van der Waals surface area (Å²) in [7, 11) is 3.21. The molecular formula is C21H24N2O3. The number of carbonyl (C=O) groups excluding carboxylic acids is 1. The molecule has 0 spiro atoms. The van der Waals surface area contributed by atoms with Gasteiger partial charge in [0, 0.05) is 23.3 Å². The van der Waals surface area contributed by atoms with Crippen LogP contribution in [0.25, 0.3) is 6.08 Å². The molecule has 0 bridgehead atoms. The summed E-state index contributed by atoms with van der Waals surface area (Å²) in [5.74, 6) is 2.47. The Morgan fingerprint density at radius 2 is 2.08 bits per heavy atom. The van der Waals surface area contributed by atoms with Crippen molar-refractivity contribution in [2.75, 3.05) is 14.2 Å². The van der Waals surface area contributed by atoms with Crippen LogP contribution in [0.15, 0.2) is 24.3 Å². The van der Waals surface area contributed by atoms with Gasteiger partial charge in [-0.1, -0.05) is 13.8 Å². The normalized spacial score (nSPS) is 22.2. The van der Waals surface area contributed by atoms with Gasteiger partial charge >= 0.3 is 0 Å². The molecular weight excluding hydrogens is 328 g/mol. The van der Waals surface area contributed by atoms with E-state index in [4.69, 9.17) is 9.47 Å². The largest absolute Gasteiger partial charge is 0.497 e. The summed E-state index contributed by atoms with van der Waals surface area (Å²) in [6.07, 6.45) is 4.27. The van der Waals surface area contributed by atoms with Crippen molar-refractivity contribution in [1.82, 2.24) is 9.78 Å². The predicted octanol–water partition coefficient (Wildman–Crippen LogP) is 3.86. The van der Waals surface area contributed by atoms with Crippen LogP contribution in [0.4, 0.5) is 0 Å². The molecule has 0 radical (unpaired) electrons. The Labute approximate surface area is 153 Å². The van der Waals surface area contributed by atoms with Gasteiger partial charge in [-0.25, -0.2) is 4.68 Å². The number of aryl methyl sites for hydroxylation is 1. The van der Waals surface area contributed by atoms with Gasteiger partial charge < -0.3 is 9.47 Å². The maximum absolute atomic E-state index is 12.7. The fraction of sp³-hybridized carbons (Fsp3) is 0.429. The lowest BCUT2D eigenvalue weighted by Gasteiger charge is -2.09. The van der Waals surface area contributed by atoms with Crippen LogP contribution in [0.3, 0.4) is 0 Å². The molecule has 4 rings (SSSR count). The molecule has 0 saturated heterocycles. The van der Waals surface area contributed by atoms with E-state index >= 15 is 0 Å². The van der Waals surface area contributed by atoms with E-state index in [0.717, 1.165) is 23.4 Å². The molecule has 26 heavy (non-hydrogen) atoms. The van der Waals surface area contributed by atoms with Crippen LogP contribution in [0.1, 0.15) is 47.1 Å². The number of fused-ring (bicyclic) bond motifs is 3. The van der Waals surface area contributed by atoms with Crippen molar-refractivity contribution in [1.29, 1.82) is 0 Å². The van der Waals surface area contributed by atoms with Gasteiger partial charge in [0.25, 0.3) is 5.91 Å². The van der Waals surface area contributed by atoms with Gasteiger partial charge in [-0.15, -0.1) is 0 Å². The molecule has 2 aliphatic carbocycles. The summed E-state index contributed by atoms with van der Waals surface area (Å²) >= 11 is 0. The summed E-state index contributed by atoms with van der Waals surface area (Å²) in [6, 6.07) is 5.52. The Balaban J connectivity index is 1.60. The summed E-state index contributed by atoms with van der Waals surface area (Å²) < 4.78 is 12.2. The van der Waals surface area contributed by atoms with E-state index in [1.165, 1.54) is 5.56 Å². The van der Waals surface area contributed by atoms with Crippen LogP contribution in [-0.4, -0.2) is 29.9 Å². The molecule has 1 aromatic carbocycles. The van der Waals surface area contributed by atoms with Gasteiger partial charge in [0.05, 0.1) is 25.6 Å². The molecule has 2 aliphatic rings. The summed E-state index contributed by atoms with van der Waals surface area (Å²) in [4.78, 5) is 12.7. The first-order chi connectivity index (χ1) is 12.4. The molecule has 0 N–H and O–H groups in total. The number of ether oxygens (including phenoxy) is 2. The first-order valence-electron chi connectivity index (χ1n) is 8.91. The zero-order valence-electron chi connectivity index (χ0n) is 15.9. The number of carbonyl (C=O) groups is 1. The standard InChI is InChI=1S/C21H24N2O3/c1-12-19-16(11-15-20(19)21(15,2)3)23(22-12)18(24)9-7-13-6-8-14(25-4)10-17(13)26-5/h6-10,15,20H,11H2,1-5H3/b9-7+/t15-,20-/m1/s1. The van der Waals surface area contributed by atoms with E-state index < -0.39 is 0 Å². The van der Waals surface area contributed by atoms with E-state index in [9.17, 15) is 4.79 Å². The molecule has 5 heteroatoms. The molecule has 5 nitrogen and oxygen atoms in total. The van der Waals surface area contributed by atoms with Crippen LogP contribution in [-0.2, 0) is 6.42 Å². The Hall–Kier alpha value is -2.56. The van der Waals surface area contributed by atoms with Gasteiger partial charge in [0.15, 0.2) is 0 Å². The third-order valence-electron chi connectivity index (χ3n) is 6.04. The molecule has 1 saturated carbocycles. The average molecular weight is 352 g/mol. The number of hydrogen-bond acceptors (Lipinski definition) is 4. The van der Waals surface area contributed by atoms with Crippen molar-refractivity contribution in [2.45, 2.75) is 33.1 Å². The van der Waals surface area contributed by atoms with E-state index in [1.807, 2.05) is 19.1 Å². The highest BCUT2D eigenvalue weighted by Crippen LogP contribution is 2.70. The first-order valence-corrected chi connectivity index (χ1v) is 8.91. The van der Waals surface area contributed by atoms with Crippen LogP contribution in [0.5, 0.6) is 11.5 Å². The highest BCUT2D eigenvalue weighted by Gasteiger charge is 2.63. The van der Waals surface area contributed by atoms with E-state index in [2.05, 4.69) is 18.9 Å². The van der Waals surface area contributed by atoms with Gasteiger partial charge in [0.2, 0.25) is 0 Å². The Morgan fingerprint density at radius 3 is 2.77 bits per heavy atom. The number of hydrogen-bond donors (Lipinski definition) is 0. The van der Waals surface area contributed by atoms with Crippen molar-refractivity contribution in [3.63, 3.8) is 0 Å². The quantitative estimate of drug-likeness (QED) is 0.784. The minimum absolute atomic E-state index is 0.119. The average Bonchev–Trinajstić information content (AvgIpc) is 2.98. The second-order valence-corrected chi connectivity index (χ2v) is 7.75. The molecule has 0 aliphatic heterocycles. The highest BCUT2D eigenvalue weighted by molar-refractivity contribution is 5.94. The molecule has 0 amide bonds. The summed E-state index contributed by atoms with van der Waals surface area (Å²) in [5, 5.41) is 4.52. The third-order valence-corrected chi connectivity index (χ3v) is 6.04. The van der Waals surface area contributed by atoms with Crippen LogP contribution >= 0.6 is 0 Å². The molecule has 2 aromatic rings. The van der Waals surface area contributed by atoms with Gasteiger partial charge in [-0.3, -0.25) is 4.79 Å². The number of aromatic nitrogens is 2. The molecule has 1 heterocycles. The van der Waals surface area contributed by atoms with Gasteiger partial charge in [0.1, 0.15) is 11.5 Å². The van der Waals surface area contributed by atoms with E-state index in [0.29, 0.717) is 28.7 Å². The summed E-state index contributed by atoms with van der Waals surface area (Å²) in [5.41, 5.74) is 4.55. The lowest BCUT2D eigenvalue weighted by Crippen LogP contribution is -2.14. The highest BCUT2D eigenvalue weighted by atomic mass is 16.5. The SMILES string of the molecule is COc1ccc(/C=C/C(=O)n2nc(C)c3c2C[C@@H]2[C@H]3C2(C)C)c(OC)c1. The van der Waals surface area contributed by atoms with Crippen molar-refractivity contribution >= 4 is 12.0 Å². The lowest BCUT2D eigenvalue weighted by atomic mass is 9.98. The number of rotatable bonds is 4. The monoisotopic (exact) mass is 352 g/mol. The maximum atomic E-state index is 12.7. The zero-order chi connectivity index (χ0) is 18.6. The number of allylic oxidation sites excluding steroid dienone is 1. The fourth-order valence-corrected chi connectivity index (χ4v) is 4.46. The van der Waals surface area contributed by atoms with Crippen molar-refractivity contribution < 1.29 is 14.3 Å². The minimum atomic E-state index is -0.119. The van der Waals surface area contributed by atoms with Gasteiger partial charge in [-0.2, -0.15) is 5.10 Å². The smallest absolute Gasteiger partial charge is 0.271 e. The number of benzene rings is 1. The molecule has 136 valence electrons. The first kappa shape index (κ1) is 16.9. The van der Waals surface area contributed by atoms with Crippen LogP contribution in [0, 0.1) is 18.3 Å². The van der Waals surface area contributed by atoms with E-state index in [-0.39, 0.29) is 5.91 Å². The van der Waals surface area contributed by atoms with Crippen molar-refractivity contribution in [3.8, 4) is 11.5 Å². The summed E-state index contributed by atoms with van der Waals surface area (Å²) in [6.45, 7) is 6.62. The Kier molecular flexibility index (Phi) is 3.72. The maximum Gasteiger partial charge on any atom is 0.271 e. The third kappa shape index (κ3) is 2.37. The van der Waals surface area contributed by atoms with Crippen LogP contribution < -0.4 is 9.47 Å². The second-order valence-electron chi connectivity index (χ2n) is 7.75. The fourth-order valence-electron chi connectivity index (χ4n) is 4.46. The van der Waals surface area contributed by atoms with Crippen molar-refractivity contribution in [3.05, 3.63) is 46.8 Å². The van der Waals surface area contributed by atoms with Gasteiger partial charge in [-0.05, 0) is 48.8 Å². The molecule has 1 fully saturated rings. The van der Waals surface area contributed by atoms with E-state index in [1.54, 1.807) is 37.1 Å². The van der Waals surface area contributed by atoms with Crippen LogP contribution in [0.2, 0.25) is 0 Å². The second kappa shape index (κ2) is 5.73. The Morgan fingerprint density at radius 1 is 1.31 bits per heavy atom. The predicted molar refractivity (Wildman–Crippen MR) is 99.9 cm³/mol. The number of nitrogens with zero attached hydrogens (tertiary/aromatic N) is 2. The molecule has 1 aromatic heterocycles. The molecule has 0 unspecified atom stereocenters. The number of methoxy groups -OCH3 is 2. The Bertz CT molecular complexity index is 924. The lowest BCUT2D eigenvalue weighted by molar-refractivity contribution is 0.0951. The molecule has 2 atom stereocenters. The van der Waals surface area contributed by atoms with Crippen molar-refractivity contribution in [2.24, 2.45) is 11.3 Å². The zero-order valence-corrected chi connectivity index (χ0v) is 15.9.